The number of amidine groups is 1. The molecule has 0 spiro atoms. The minimum Gasteiger partial charge on any atom is -0.341 e. The molecule has 4 nitrogen and oxygen atoms in total. The number of hydrogen-bond acceptors (Lipinski definition) is 4. The maximum atomic E-state index is 5.16. The van der Waals surface area contributed by atoms with Crippen molar-refractivity contribution < 1.29 is 0 Å². The number of nitrogens with zero attached hydrogens (tertiary/aromatic N) is 4. The number of benzene rings is 1. The first kappa shape index (κ1) is 18.5. The number of fused-ring (bicyclic) bond motifs is 1. The lowest BCUT2D eigenvalue weighted by atomic mass is 9.93. The summed E-state index contributed by atoms with van der Waals surface area (Å²) >= 11 is 1.89. The largest absolute Gasteiger partial charge is 0.341 e. The van der Waals surface area contributed by atoms with Crippen LogP contribution in [0.15, 0.2) is 59.7 Å². The van der Waals surface area contributed by atoms with E-state index in [1.54, 1.807) is 0 Å². The summed E-state index contributed by atoms with van der Waals surface area (Å²) in [5.41, 5.74) is 7.63. The Kier molecular flexibility index (Phi) is 4.50. The molecular formula is C24H26N4S. The van der Waals surface area contributed by atoms with Gasteiger partial charge >= 0.3 is 0 Å². The molecule has 1 aromatic carbocycles. The molecule has 2 aliphatic heterocycles. The number of hydrogen-bond donors (Lipinski definition) is 0. The molecule has 0 amide bonds. The van der Waals surface area contributed by atoms with Crippen molar-refractivity contribution in [3.63, 3.8) is 0 Å². The zero-order chi connectivity index (χ0) is 20.1. The second kappa shape index (κ2) is 7.06. The van der Waals surface area contributed by atoms with E-state index in [0.717, 1.165) is 12.2 Å². The van der Waals surface area contributed by atoms with Crippen molar-refractivity contribution in [2.75, 3.05) is 6.54 Å². The van der Waals surface area contributed by atoms with Gasteiger partial charge in [0.1, 0.15) is 6.04 Å². The predicted molar refractivity (Wildman–Crippen MR) is 121 cm³/mol. The van der Waals surface area contributed by atoms with Crippen LogP contribution in [0.1, 0.15) is 47.2 Å². The Bertz CT molecular complexity index is 1070. The van der Waals surface area contributed by atoms with Crippen LogP contribution in [-0.2, 0) is 0 Å². The molecule has 5 heteroatoms. The predicted octanol–water partition coefficient (Wildman–Crippen LogP) is 5.39. The SMILES string of the molecule is Cc1c([C@@H]2[C@@H](c3ccccn3)N=C3S[C@H](C)CN32)c(C)n(-c2ccccc2)c1C. The number of para-hydroxylation sites is 1. The fraction of sp³-hybridized carbons (Fsp3) is 0.333. The van der Waals surface area contributed by atoms with E-state index in [1.165, 1.54) is 33.4 Å². The van der Waals surface area contributed by atoms with Gasteiger partial charge in [-0.25, -0.2) is 0 Å². The molecule has 148 valence electrons. The molecule has 0 saturated carbocycles. The lowest BCUT2D eigenvalue weighted by Crippen LogP contribution is -2.29. The number of aromatic nitrogens is 2. The van der Waals surface area contributed by atoms with E-state index in [4.69, 9.17) is 4.99 Å². The molecule has 1 fully saturated rings. The van der Waals surface area contributed by atoms with Crippen LogP contribution in [0.25, 0.3) is 5.69 Å². The summed E-state index contributed by atoms with van der Waals surface area (Å²) in [6, 6.07) is 17.0. The van der Waals surface area contributed by atoms with E-state index in [1.807, 2.05) is 24.0 Å². The fourth-order valence-electron chi connectivity index (χ4n) is 4.84. The highest BCUT2D eigenvalue weighted by molar-refractivity contribution is 8.14. The lowest BCUT2D eigenvalue weighted by molar-refractivity contribution is 0.319. The number of rotatable bonds is 3. The standard InChI is InChI=1S/C24H26N4S/c1-15-14-27-23(22(26-24(27)29-15)20-12-8-9-13-25-20)21-16(2)17(3)28(18(21)4)19-10-6-5-7-11-19/h5-13,15,22-23H,14H2,1-4H3/t15-,22-,23-/m1/s1. The maximum absolute atomic E-state index is 5.16. The summed E-state index contributed by atoms with van der Waals surface area (Å²) in [4.78, 5) is 12.3. The highest BCUT2D eigenvalue weighted by Gasteiger charge is 2.45. The van der Waals surface area contributed by atoms with Gasteiger partial charge in [-0.1, -0.05) is 43.0 Å². The van der Waals surface area contributed by atoms with Crippen LogP contribution in [0.5, 0.6) is 0 Å². The number of pyridine rings is 1. The molecule has 4 heterocycles. The Morgan fingerprint density at radius 2 is 1.72 bits per heavy atom. The van der Waals surface area contributed by atoms with Gasteiger partial charge in [0.05, 0.1) is 11.7 Å². The van der Waals surface area contributed by atoms with Gasteiger partial charge in [0.2, 0.25) is 0 Å². The summed E-state index contributed by atoms with van der Waals surface area (Å²) in [5.74, 6) is 0. The highest BCUT2D eigenvalue weighted by atomic mass is 32.2. The van der Waals surface area contributed by atoms with Gasteiger partial charge in [0.25, 0.3) is 0 Å². The van der Waals surface area contributed by atoms with Crippen LogP contribution in [0.4, 0.5) is 0 Å². The van der Waals surface area contributed by atoms with Gasteiger partial charge < -0.3 is 9.47 Å². The molecule has 0 bridgehead atoms. The minimum absolute atomic E-state index is 0.0367. The van der Waals surface area contributed by atoms with Crippen molar-refractivity contribution in [3.05, 3.63) is 82.9 Å². The summed E-state index contributed by atoms with van der Waals surface area (Å²) in [6.07, 6.45) is 1.88. The monoisotopic (exact) mass is 402 g/mol. The number of aliphatic imine (C=N–C) groups is 1. The highest BCUT2D eigenvalue weighted by Crippen LogP contribution is 2.50. The van der Waals surface area contributed by atoms with Crippen molar-refractivity contribution in [2.24, 2.45) is 4.99 Å². The number of thioether (sulfide) groups is 1. The Hall–Kier alpha value is -2.53. The van der Waals surface area contributed by atoms with E-state index < -0.39 is 0 Å². The maximum Gasteiger partial charge on any atom is 0.160 e. The molecule has 2 aromatic heterocycles. The van der Waals surface area contributed by atoms with Gasteiger partial charge in [-0.3, -0.25) is 9.98 Å². The normalized spacial score (nSPS) is 23.4. The topological polar surface area (TPSA) is 33.4 Å². The molecule has 3 atom stereocenters. The average molecular weight is 403 g/mol. The molecule has 2 aliphatic rings. The molecule has 0 radical (unpaired) electrons. The van der Waals surface area contributed by atoms with Crippen molar-refractivity contribution in [2.45, 2.75) is 45.0 Å². The van der Waals surface area contributed by atoms with Crippen molar-refractivity contribution in [1.29, 1.82) is 0 Å². The fourth-order valence-corrected chi connectivity index (χ4v) is 5.93. The smallest absolute Gasteiger partial charge is 0.160 e. The molecule has 0 N–H and O–H groups in total. The average Bonchev–Trinajstić information content (AvgIpc) is 3.33. The second-order valence-corrected chi connectivity index (χ2v) is 9.42. The molecule has 3 aromatic rings. The van der Waals surface area contributed by atoms with E-state index in [0.29, 0.717) is 5.25 Å². The van der Waals surface area contributed by atoms with Gasteiger partial charge in [-0.05, 0) is 50.6 Å². The molecule has 0 aliphatic carbocycles. The first-order valence-corrected chi connectivity index (χ1v) is 11.1. The Morgan fingerprint density at radius 3 is 2.45 bits per heavy atom. The van der Waals surface area contributed by atoms with Gasteiger partial charge in [-0.2, -0.15) is 0 Å². The van der Waals surface area contributed by atoms with E-state index in [-0.39, 0.29) is 12.1 Å². The van der Waals surface area contributed by atoms with Crippen LogP contribution < -0.4 is 0 Å². The quantitative estimate of drug-likeness (QED) is 0.589. The molecule has 0 unspecified atom stereocenters. The minimum atomic E-state index is 0.0367. The summed E-state index contributed by atoms with van der Waals surface area (Å²) in [5, 5.41) is 1.74. The first-order valence-electron chi connectivity index (χ1n) is 10.2. The zero-order valence-electron chi connectivity index (χ0n) is 17.3. The third-order valence-corrected chi connectivity index (χ3v) is 7.30. The van der Waals surface area contributed by atoms with Crippen LogP contribution in [0, 0.1) is 20.8 Å². The van der Waals surface area contributed by atoms with Crippen LogP contribution in [0.3, 0.4) is 0 Å². The van der Waals surface area contributed by atoms with E-state index >= 15 is 0 Å². The summed E-state index contributed by atoms with van der Waals surface area (Å²) in [6.45, 7) is 10.1. The third-order valence-electron chi connectivity index (χ3n) is 6.20. The molecule has 1 saturated heterocycles. The second-order valence-electron chi connectivity index (χ2n) is 8.02. The summed E-state index contributed by atoms with van der Waals surface area (Å²) in [7, 11) is 0. The van der Waals surface area contributed by atoms with E-state index in [9.17, 15) is 0 Å². The third kappa shape index (κ3) is 2.91. The Balaban J connectivity index is 1.67. The Labute approximate surface area is 176 Å². The van der Waals surface area contributed by atoms with Crippen LogP contribution in [0.2, 0.25) is 0 Å². The van der Waals surface area contributed by atoms with Crippen molar-refractivity contribution >= 4 is 16.9 Å². The van der Waals surface area contributed by atoms with Crippen LogP contribution >= 0.6 is 11.8 Å². The zero-order valence-corrected chi connectivity index (χ0v) is 18.1. The molecule has 29 heavy (non-hydrogen) atoms. The summed E-state index contributed by atoms with van der Waals surface area (Å²) < 4.78 is 2.39. The van der Waals surface area contributed by atoms with Crippen LogP contribution in [-0.4, -0.2) is 31.4 Å². The van der Waals surface area contributed by atoms with Crippen molar-refractivity contribution in [3.8, 4) is 5.69 Å². The lowest BCUT2D eigenvalue weighted by Gasteiger charge is -2.28. The van der Waals surface area contributed by atoms with E-state index in [2.05, 4.69) is 84.6 Å². The van der Waals surface area contributed by atoms with Gasteiger partial charge in [-0.15, -0.1) is 0 Å². The van der Waals surface area contributed by atoms with Gasteiger partial charge in [0.15, 0.2) is 5.17 Å². The molecule has 5 rings (SSSR count). The first-order chi connectivity index (χ1) is 14.1. The molecular weight excluding hydrogens is 376 g/mol. The van der Waals surface area contributed by atoms with Gasteiger partial charge in [0, 0.05) is 40.6 Å². The Morgan fingerprint density at radius 1 is 0.966 bits per heavy atom. The van der Waals surface area contributed by atoms with Crippen molar-refractivity contribution in [1.82, 2.24) is 14.5 Å².